The van der Waals surface area contributed by atoms with Gasteiger partial charge in [0.05, 0.1) is 29.4 Å². The first-order valence-electron chi connectivity index (χ1n) is 12.5. The average Bonchev–Trinajstić information content (AvgIpc) is 2.89. The number of carboxylic acid groups (broad SMARTS) is 1. The van der Waals surface area contributed by atoms with Crippen LogP contribution in [0.3, 0.4) is 0 Å². The summed E-state index contributed by atoms with van der Waals surface area (Å²) in [6, 6.07) is 16.7. The van der Waals surface area contributed by atoms with E-state index in [1.807, 2.05) is 25.3 Å². The first kappa shape index (κ1) is 27.6. The highest BCUT2D eigenvalue weighted by Crippen LogP contribution is 2.42. The zero-order valence-electron chi connectivity index (χ0n) is 22.1. The molecule has 1 aromatic heterocycles. The maximum Gasteiger partial charge on any atom is 0.290 e. The highest BCUT2D eigenvalue weighted by atomic mass is 16.5. The molecule has 0 saturated carbocycles. The number of fused-ring (bicyclic) bond motifs is 1. The number of ether oxygens (including phenoxy) is 1. The van der Waals surface area contributed by atoms with Gasteiger partial charge in [-0.3, -0.25) is 9.78 Å². The average molecular weight is 499 g/mol. The monoisotopic (exact) mass is 498 g/mol. The van der Waals surface area contributed by atoms with Crippen LogP contribution in [0.5, 0.6) is 5.75 Å². The largest absolute Gasteiger partial charge is 0.493 e. The number of hydrogen-bond donors (Lipinski definition) is 2. The van der Waals surface area contributed by atoms with Crippen molar-refractivity contribution in [2.24, 2.45) is 0 Å². The lowest BCUT2D eigenvalue weighted by atomic mass is 9.86. The maximum atomic E-state index is 9.32. The SMILES string of the molecule is CCC(C)(C)O.CCc1c(C)cc2cc(C#N)ccc2c1-c1ccc2c3c(ccnc13)CCO2.O=CO. The van der Waals surface area contributed by atoms with Gasteiger partial charge < -0.3 is 14.9 Å². The molecule has 4 aromatic rings. The lowest BCUT2D eigenvalue weighted by Gasteiger charge is -2.21. The van der Waals surface area contributed by atoms with Crippen LogP contribution in [0, 0.1) is 18.3 Å². The summed E-state index contributed by atoms with van der Waals surface area (Å²) in [5, 5.41) is 28.4. The summed E-state index contributed by atoms with van der Waals surface area (Å²) in [5.74, 6) is 0.926. The van der Waals surface area contributed by atoms with E-state index >= 15 is 0 Å². The van der Waals surface area contributed by atoms with Crippen LogP contribution >= 0.6 is 0 Å². The fraction of sp³-hybridized carbons (Fsp3) is 0.323. The number of aliphatic hydroxyl groups is 1. The number of rotatable bonds is 3. The van der Waals surface area contributed by atoms with Gasteiger partial charge in [0, 0.05) is 23.6 Å². The number of pyridine rings is 1. The Morgan fingerprint density at radius 1 is 1.16 bits per heavy atom. The van der Waals surface area contributed by atoms with Gasteiger partial charge >= 0.3 is 0 Å². The molecule has 0 radical (unpaired) electrons. The van der Waals surface area contributed by atoms with Crippen molar-refractivity contribution in [2.45, 2.75) is 59.5 Å². The molecule has 2 heterocycles. The third kappa shape index (κ3) is 6.07. The number of aryl methyl sites for hydroxylation is 1. The molecule has 2 N–H and O–H groups in total. The van der Waals surface area contributed by atoms with Crippen LogP contribution in [0.15, 0.2) is 48.7 Å². The Kier molecular flexibility index (Phi) is 8.86. The summed E-state index contributed by atoms with van der Waals surface area (Å²) in [6.45, 7) is 10.4. The second-order valence-corrected chi connectivity index (χ2v) is 9.62. The molecule has 0 amide bonds. The molecular formula is C31H34N2O4. The van der Waals surface area contributed by atoms with E-state index < -0.39 is 5.60 Å². The number of benzene rings is 3. The van der Waals surface area contributed by atoms with Gasteiger partial charge in [-0.2, -0.15) is 5.26 Å². The molecule has 5 rings (SSSR count). The summed E-state index contributed by atoms with van der Waals surface area (Å²) < 4.78 is 5.91. The van der Waals surface area contributed by atoms with Crippen LogP contribution in [0.1, 0.15) is 56.4 Å². The Hall–Kier alpha value is -3.95. The number of aromatic nitrogens is 1. The van der Waals surface area contributed by atoms with E-state index in [9.17, 15) is 5.26 Å². The molecule has 6 nitrogen and oxygen atoms in total. The molecule has 1 aliphatic heterocycles. The molecule has 37 heavy (non-hydrogen) atoms. The van der Waals surface area contributed by atoms with Crippen molar-refractivity contribution in [1.82, 2.24) is 4.98 Å². The summed E-state index contributed by atoms with van der Waals surface area (Å²) >= 11 is 0. The normalized spacial score (nSPS) is 11.9. The maximum absolute atomic E-state index is 9.32. The zero-order chi connectivity index (χ0) is 27.2. The topological polar surface area (TPSA) is 103 Å². The summed E-state index contributed by atoms with van der Waals surface area (Å²) in [4.78, 5) is 13.1. The molecule has 0 fully saturated rings. The van der Waals surface area contributed by atoms with Gasteiger partial charge in [0.2, 0.25) is 0 Å². The van der Waals surface area contributed by atoms with Crippen molar-refractivity contribution in [3.8, 4) is 22.9 Å². The lowest BCUT2D eigenvalue weighted by Crippen LogP contribution is -2.15. The van der Waals surface area contributed by atoms with Gasteiger partial charge in [0.1, 0.15) is 5.75 Å². The van der Waals surface area contributed by atoms with Crippen molar-refractivity contribution in [3.05, 3.63) is 70.9 Å². The van der Waals surface area contributed by atoms with E-state index in [4.69, 9.17) is 24.7 Å². The smallest absolute Gasteiger partial charge is 0.290 e. The van der Waals surface area contributed by atoms with E-state index in [0.717, 1.165) is 53.5 Å². The van der Waals surface area contributed by atoms with Crippen molar-refractivity contribution < 1.29 is 19.7 Å². The van der Waals surface area contributed by atoms with E-state index in [0.29, 0.717) is 5.56 Å². The lowest BCUT2D eigenvalue weighted by molar-refractivity contribution is -0.122. The van der Waals surface area contributed by atoms with Crippen molar-refractivity contribution in [3.63, 3.8) is 0 Å². The quantitative estimate of drug-likeness (QED) is 0.308. The van der Waals surface area contributed by atoms with Gasteiger partial charge in [-0.1, -0.05) is 26.0 Å². The summed E-state index contributed by atoms with van der Waals surface area (Å²) in [5.41, 5.74) is 7.47. The Balaban J connectivity index is 0.000000368. The van der Waals surface area contributed by atoms with Crippen LogP contribution in [0.25, 0.3) is 32.8 Å². The predicted molar refractivity (Wildman–Crippen MR) is 148 cm³/mol. The predicted octanol–water partition coefficient (Wildman–Crippen LogP) is 6.60. The van der Waals surface area contributed by atoms with Gasteiger partial charge in [0.15, 0.2) is 0 Å². The Labute approximate surface area is 218 Å². The first-order chi connectivity index (χ1) is 17.7. The minimum Gasteiger partial charge on any atom is -0.493 e. The number of nitriles is 1. The highest BCUT2D eigenvalue weighted by Gasteiger charge is 2.20. The fourth-order valence-electron chi connectivity index (χ4n) is 4.53. The molecule has 0 aliphatic carbocycles. The van der Waals surface area contributed by atoms with Gasteiger partial charge in [-0.15, -0.1) is 0 Å². The van der Waals surface area contributed by atoms with E-state index in [2.05, 4.69) is 50.2 Å². The van der Waals surface area contributed by atoms with E-state index in [1.54, 1.807) is 13.8 Å². The van der Waals surface area contributed by atoms with Crippen molar-refractivity contribution >= 4 is 28.1 Å². The Morgan fingerprint density at radius 3 is 2.49 bits per heavy atom. The third-order valence-corrected chi connectivity index (χ3v) is 6.66. The summed E-state index contributed by atoms with van der Waals surface area (Å²) in [6.07, 6.45) is 4.59. The molecule has 0 bridgehead atoms. The molecule has 0 spiro atoms. The van der Waals surface area contributed by atoms with Crippen LogP contribution in [0.4, 0.5) is 0 Å². The Bertz CT molecular complexity index is 1450. The van der Waals surface area contributed by atoms with E-state index in [1.165, 1.54) is 27.6 Å². The molecule has 0 unspecified atom stereocenters. The minimum absolute atomic E-state index is 0.250. The van der Waals surface area contributed by atoms with Crippen LogP contribution < -0.4 is 4.74 Å². The first-order valence-corrected chi connectivity index (χ1v) is 12.5. The van der Waals surface area contributed by atoms with Crippen LogP contribution in [-0.2, 0) is 17.6 Å². The van der Waals surface area contributed by atoms with Crippen molar-refractivity contribution in [2.75, 3.05) is 6.61 Å². The van der Waals surface area contributed by atoms with Crippen LogP contribution in [-0.4, -0.2) is 33.9 Å². The zero-order valence-corrected chi connectivity index (χ0v) is 22.1. The standard InChI is InChI=1S/C25H20N2O.C5H12O.CH2O2/c1-3-19-15(2)12-18-13-16(14-26)4-5-20(18)24(19)21-6-7-22-23-17(9-11-28-22)8-10-27-25(21)23;1-4-5(2,3)6;2-1-3/h4-8,10,12-13H,3,9,11H2,1-2H3;6H,4H2,1-3H3;1H,(H,2,3). The number of hydrogen-bond acceptors (Lipinski definition) is 5. The fourth-order valence-corrected chi connectivity index (χ4v) is 4.53. The molecule has 192 valence electrons. The Morgan fingerprint density at radius 2 is 1.86 bits per heavy atom. The second kappa shape index (κ2) is 11.9. The molecule has 0 saturated heterocycles. The molecule has 6 heteroatoms. The van der Waals surface area contributed by atoms with Crippen LogP contribution in [0.2, 0.25) is 0 Å². The molecule has 0 atom stereocenters. The van der Waals surface area contributed by atoms with Gasteiger partial charge in [-0.05, 0) is 97.0 Å². The number of nitrogens with zero attached hydrogens (tertiary/aromatic N) is 2. The third-order valence-electron chi connectivity index (χ3n) is 6.66. The highest BCUT2D eigenvalue weighted by molar-refractivity contribution is 6.08. The molecular weight excluding hydrogens is 464 g/mol. The minimum atomic E-state index is -0.458. The second-order valence-electron chi connectivity index (χ2n) is 9.62. The molecule has 3 aromatic carbocycles. The summed E-state index contributed by atoms with van der Waals surface area (Å²) in [7, 11) is 0. The van der Waals surface area contributed by atoms with Gasteiger partial charge in [-0.25, -0.2) is 0 Å². The van der Waals surface area contributed by atoms with E-state index in [-0.39, 0.29) is 6.47 Å². The van der Waals surface area contributed by atoms with Crippen molar-refractivity contribution in [1.29, 1.82) is 5.26 Å². The number of carbonyl (C=O) groups is 1. The molecule has 1 aliphatic rings. The van der Waals surface area contributed by atoms with Gasteiger partial charge in [0.25, 0.3) is 6.47 Å².